The molecule has 0 saturated carbocycles. The average Bonchev–Trinajstić information content (AvgIpc) is 2.36. The van der Waals surface area contributed by atoms with Crippen LogP contribution in [0.3, 0.4) is 0 Å². The normalized spacial score (nSPS) is 15.4. The number of benzene rings is 1. The molecule has 5 heteroatoms. The first-order valence-corrected chi connectivity index (χ1v) is 7.33. The van der Waals surface area contributed by atoms with Gasteiger partial charge in [-0.05, 0) is 52.3 Å². The highest BCUT2D eigenvalue weighted by Crippen LogP contribution is 2.24. The third-order valence-corrected chi connectivity index (χ3v) is 3.17. The van der Waals surface area contributed by atoms with Gasteiger partial charge in [-0.1, -0.05) is 11.6 Å². The van der Waals surface area contributed by atoms with E-state index in [1.807, 2.05) is 33.8 Å². The number of carbonyl (C=O) groups excluding carboxylic acids is 2. The van der Waals surface area contributed by atoms with Crippen molar-refractivity contribution < 1.29 is 14.3 Å². The van der Waals surface area contributed by atoms with Crippen LogP contribution in [0, 0.1) is 0 Å². The van der Waals surface area contributed by atoms with Crippen LogP contribution >= 0.6 is 0 Å². The maximum atomic E-state index is 12.1. The van der Waals surface area contributed by atoms with Crippen LogP contribution in [0.5, 0.6) is 0 Å². The van der Waals surface area contributed by atoms with Crippen LogP contribution in [0.25, 0.3) is 0 Å². The lowest BCUT2D eigenvalue weighted by Crippen LogP contribution is -2.33. The number of anilines is 2. The number of ether oxygens (including phenoxy) is 1. The van der Waals surface area contributed by atoms with E-state index in [4.69, 9.17) is 4.74 Å². The van der Waals surface area contributed by atoms with Gasteiger partial charge in [0.1, 0.15) is 5.60 Å². The van der Waals surface area contributed by atoms with Gasteiger partial charge in [0.25, 0.3) is 5.91 Å². The molecule has 0 unspecified atom stereocenters. The fraction of sp³-hybridized carbons (Fsp3) is 0.412. The number of nitrogens with zero attached hydrogens (tertiary/aromatic N) is 1. The molecule has 0 spiro atoms. The second-order valence-corrected chi connectivity index (χ2v) is 6.41. The molecule has 1 aromatic rings. The minimum atomic E-state index is -0.549. The van der Waals surface area contributed by atoms with Crippen molar-refractivity contribution in [3.63, 3.8) is 0 Å². The van der Waals surface area contributed by atoms with Crippen LogP contribution < -0.4 is 10.2 Å². The van der Waals surface area contributed by atoms with Crippen molar-refractivity contribution in [3.8, 4) is 0 Å². The van der Waals surface area contributed by atoms with Gasteiger partial charge in [-0.3, -0.25) is 10.1 Å². The van der Waals surface area contributed by atoms with Crippen molar-refractivity contribution in [3.05, 3.63) is 35.9 Å². The molecule has 2 amide bonds. The molecule has 1 aromatic carbocycles. The second-order valence-electron chi connectivity index (χ2n) is 6.41. The summed E-state index contributed by atoms with van der Waals surface area (Å²) in [5.74, 6) is -0.0295. The minimum Gasteiger partial charge on any atom is -0.444 e. The lowest BCUT2D eigenvalue weighted by molar-refractivity contribution is -0.114. The Hall–Kier alpha value is -2.30. The monoisotopic (exact) mass is 302 g/mol. The molecule has 22 heavy (non-hydrogen) atoms. The van der Waals surface area contributed by atoms with E-state index in [1.165, 1.54) is 0 Å². The number of hydrogen-bond acceptors (Lipinski definition) is 3. The predicted octanol–water partition coefficient (Wildman–Crippen LogP) is 3.72. The van der Waals surface area contributed by atoms with Gasteiger partial charge >= 0.3 is 6.09 Å². The van der Waals surface area contributed by atoms with E-state index in [9.17, 15) is 9.59 Å². The van der Waals surface area contributed by atoms with E-state index in [0.29, 0.717) is 12.2 Å². The number of nitrogens with one attached hydrogen (secondary N) is 1. The van der Waals surface area contributed by atoms with Gasteiger partial charge in [0.2, 0.25) is 0 Å². The van der Waals surface area contributed by atoms with E-state index in [-0.39, 0.29) is 5.91 Å². The summed E-state index contributed by atoms with van der Waals surface area (Å²) in [6.07, 6.45) is 2.00. The maximum Gasteiger partial charge on any atom is 0.412 e. The third kappa shape index (κ3) is 4.35. The molecule has 0 radical (unpaired) electrons. The highest BCUT2D eigenvalue weighted by Gasteiger charge is 2.19. The fourth-order valence-electron chi connectivity index (χ4n) is 2.19. The molecule has 0 bridgehead atoms. The molecule has 1 aliphatic heterocycles. The van der Waals surface area contributed by atoms with Crippen molar-refractivity contribution in [2.75, 3.05) is 16.8 Å². The Labute approximate surface area is 130 Å². The average molecular weight is 302 g/mol. The van der Waals surface area contributed by atoms with Gasteiger partial charge in [-0.25, -0.2) is 4.79 Å². The van der Waals surface area contributed by atoms with E-state index < -0.39 is 11.7 Å². The van der Waals surface area contributed by atoms with Gasteiger partial charge < -0.3 is 9.64 Å². The number of rotatable bonds is 2. The largest absolute Gasteiger partial charge is 0.444 e. The Bertz CT molecular complexity index is 615. The Morgan fingerprint density at radius 1 is 1.32 bits per heavy atom. The zero-order chi connectivity index (χ0) is 16.3. The predicted molar refractivity (Wildman–Crippen MR) is 87.0 cm³/mol. The molecule has 1 aliphatic rings. The van der Waals surface area contributed by atoms with Crippen LogP contribution in [0.2, 0.25) is 0 Å². The highest BCUT2D eigenvalue weighted by molar-refractivity contribution is 6.03. The lowest BCUT2D eigenvalue weighted by atomic mass is 10.1. The summed E-state index contributed by atoms with van der Waals surface area (Å²) in [7, 11) is 0. The SMILES string of the molecule is CC1=CC(=O)N(c2cccc(NC(=O)OC(C)(C)C)c2)CC1. The summed E-state index contributed by atoms with van der Waals surface area (Å²) >= 11 is 0. The molecule has 5 nitrogen and oxygen atoms in total. The van der Waals surface area contributed by atoms with Crippen molar-refractivity contribution in [2.45, 2.75) is 39.7 Å². The molecule has 0 saturated heterocycles. The first-order chi connectivity index (χ1) is 10.2. The second kappa shape index (κ2) is 6.22. The molecular formula is C17H22N2O3. The third-order valence-electron chi connectivity index (χ3n) is 3.17. The number of carbonyl (C=O) groups is 2. The molecule has 0 aromatic heterocycles. The molecular weight excluding hydrogens is 280 g/mol. The zero-order valence-corrected chi connectivity index (χ0v) is 13.5. The van der Waals surface area contributed by atoms with Gasteiger partial charge in [-0.15, -0.1) is 0 Å². The Morgan fingerprint density at radius 2 is 2.05 bits per heavy atom. The van der Waals surface area contributed by atoms with E-state index >= 15 is 0 Å². The summed E-state index contributed by atoms with van der Waals surface area (Å²) in [6, 6.07) is 7.20. The van der Waals surface area contributed by atoms with Crippen molar-refractivity contribution in [1.82, 2.24) is 0 Å². The van der Waals surface area contributed by atoms with Crippen LogP contribution in [0.15, 0.2) is 35.9 Å². The molecule has 118 valence electrons. The van der Waals surface area contributed by atoms with Gasteiger partial charge in [-0.2, -0.15) is 0 Å². The number of hydrogen-bond donors (Lipinski definition) is 1. The van der Waals surface area contributed by atoms with Crippen LogP contribution in [-0.4, -0.2) is 24.1 Å². The topological polar surface area (TPSA) is 58.6 Å². The molecule has 1 heterocycles. The Balaban J connectivity index is 2.11. The first kappa shape index (κ1) is 16.1. The number of amides is 2. The summed E-state index contributed by atoms with van der Waals surface area (Å²) in [6.45, 7) is 8.03. The zero-order valence-electron chi connectivity index (χ0n) is 13.5. The molecule has 1 N–H and O–H groups in total. The van der Waals surface area contributed by atoms with Crippen molar-refractivity contribution >= 4 is 23.4 Å². The van der Waals surface area contributed by atoms with Crippen molar-refractivity contribution in [2.24, 2.45) is 0 Å². The van der Waals surface area contributed by atoms with Gasteiger partial charge in [0.05, 0.1) is 0 Å². The van der Waals surface area contributed by atoms with E-state index in [0.717, 1.165) is 17.7 Å². The van der Waals surface area contributed by atoms with Crippen LogP contribution in [0.4, 0.5) is 16.2 Å². The van der Waals surface area contributed by atoms with Gasteiger partial charge in [0.15, 0.2) is 0 Å². The van der Waals surface area contributed by atoms with Crippen LogP contribution in [-0.2, 0) is 9.53 Å². The molecule has 2 rings (SSSR count). The van der Waals surface area contributed by atoms with E-state index in [1.54, 1.807) is 29.2 Å². The summed E-state index contributed by atoms with van der Waals surface area (Å²) in [5, 5.41) is 2.69. The van der Waals surface area contributed by atoms with Crippen molar-refractivity contribution in [1.29, 1.82) is 0 Å². The lowest BCUT2D eigenvalue weighted by Gasteiger charge is -2.26. The summed E-state index contributed by atoms with van der Waals surface area (Å²) < 4.78 is 5.22. The first-order valence-electron chi connectivity index (χ1n) is 7.33. The van der Waals surface area contributed by atoms with E-state index in [2.05, 4.69) is 5.32 Å². The molecule has 0 atom stereocenters. The molecule has 0 fully saturated rings. The minimum absolute atomic E-state index is 0.0295. The van der Waals surface area contributed by atoms with Gasteiger partial charge in [0, 0.05) is 24.0 Å². The summed E-state index contributed by atoms with van der Waals surface area (Å²) in [5.41, 5.74) is 1.91. The highest BCUT2D eigenvalue weighted by atomic mass is 16.6. The quantitative estimate of drug-likeness (QED) is 0.906. The molecule has 0 aliphatic carbocycles. The fourth-order valence-corrected chi connectivity index (χ4v) is 2.19. The maximum absolute atomic E-state index is 12.1. The smallest absolute Gasteiger partial charge is 0.412 e. The summed E-state index contributed by atoms with van der Waals surface area (Å²) in [4.78, 5) is 25.6. The van der Waals surface area contributed by atoms with Crippen LogP contribution in [0.1, 0.15) is 34.1 Å². The Morgan fingerprint density at radius 3 is 2.68 bits per heavy atom. The Kier molecular flexibility index (Phi) is 4.54. The standard InChI is InChI=1S/C17H22N2O3/c1-12-8-9-19(15(20)10-12)14-7-5-6-13(11-14)18-16(21)22-17(2,3)4/h5-7,10-11H,8-9H2,1-4H3,(H,18,21).